The van der Waals surface area contributed by atoms with Crippen LogP contribution in [0.5, 0.6) is 5.88 Å². The Labute approximate surface area is 196 Å². The van der Waals surface area contributed by atoms with E-state index in [2.05, 4.69) is 16.0 Å². The van der Waals surface area contributed by atoms with Gasteiger partial charge in [0.1, 0.15) is 0 Å². The Morgan fingerprint density at radius 1 is 1.21 bits per heavy atom. The summed E-state index contributed by atoms with van der Waals surface area (Å²) in [6.45, 7) is 3.00. The second-order valence-electron chi connectivity index (χ2n) is 7.94. The van der Waals surface area contributed by atoms with E-state index in [1.54, 1.807) is 30.1 Å². The molecule has 4 heterocycles. The number of aryl methyl sites for hydroxylation is 1. The Balaban J connectivity index is 1.52. The Morgan fingerprint density at radius 2 is 2.03 bits per heavy atom. The molecule has 0 spiro atoms. The Hall–Kier alpha value is -2.82. The van der Waals surface area contributed by atoms with E-state index in [-0.39, 0.29) is 5.91 Å². The first-order valence-electron chi connectivity index (χ1n) is 11.2. The second kappa shape index (κ2) is 11.4. The molecule has 0 saturated carbocycles. The first kappa shape index (κ1) is 23.3. The molecule has 10 heteroatoms. The fourth-order valence-corrected chi connectivity index (χ4v) is 4.99. The molecule has 2 N–H and O–H groups in total. The number of hydrogen-bond acceptors (Lipinski definition) is 9. The highest BCUT2D eigenvalue weighted by Gasteiger charge is 2.20. The summed E-state index contributed by atoms with van der Waals surface area (Å²) in [5.41, 5.74) is 3.49. The highest BCUT2D eigenvalue weighted by Crippen LogP contribution is 2.35. The van der Waals surface area contributed by atoms with Gasteiger partial charge in [-0.3, -0.25) is 10.0 Å². The van der Waals surface area contributed by atoms with Crippen molar-refractivity contribution < 1.29 is 19.5 Å². The van der Waals surface area contributed by atoms with Crippen LogP contribution >= 0.6 is 11.3 Å². The fraction of sp³-hybridized carbons (Fsp3) is 0.478. The van der Waals surface area contributed by atoms with Gasteiger partial charge in [-0.25, -0.2) is 20.4 Å². The lowest BCUT2D eigenvalue weighted by Crippen LogP contribution is -2.36. The van der Waals surface area contributed by atoms with E-state index >= 15 is 0 Å². The van der Waals surface area contributed by atoms with Gasteiger partial charge in [-0.1, -0.05) is 12.8 Å². The number of nitrogens with one attached hydrogen (secondary N) is 1. The molecule has 4 rings (SSSR count). The molecule has 9 nitrogen and oxygen atoms in total. The van der Waals surface area contributed by atoms with Crippen molar-refractivity contribution in [2.45, 2.75) is 38.5 Å². The number of aromatic nitrogens is 3. The molecule has 33 heavy (non-hydrogen) atoms. The predicted octanol–water partition coefficient (Wildman–Crippen LogP) is 3.60. The van der Waals surface area contributed by atoms with E-state index in [0.717, 1.165) is 66.8 Å². The number of thiophene rings is 1. The highest BCUT2D eigenvalue weighted by atomic mass is 32.1. The molecule has 0 aliphatic carbocycles. The molecular formula is C23H29N5O4S. The molecule has 1 aliphatic rings. The van der Waals surface area contributed by atoms with Crippen LogP contribution in [0.4, 0.5) is 5.82 Å². The van der Waals surface area contributed by atoms with Crippen LogP contribution in [0, 0.1) is 0 Å². The second-order valence-corrected chi connectivity index (χ2v) is 9.07. The number of hydrogen-bond donors (Lipinski definition) is 2. The van der Waals surface area contributed by atoms with E-state index < -0.39 is 0 Å². The van der Waals surface area contributed by atoms with E-state index in [9.17, 15) is 4.79 Å². The Morgan fingerprint density at radius 3 is 2.76 bits per heavy atom. The topological polar surface area (TPSA) is 110 Å². The fourth-order valence-electron chi connectivity index (χ4n) is 3.83. The average Bonchev–Trinajstić information content (AvgIpc) is 3.28. The van der Waals surface area contributed by atoms with Gasteiger partial charge in [0.15, 0.2) is 11.6 Å². The summed E-state index contributed by atoms with van der Waals surface area (Å²) in [6.07, 6.45) is 6.90. The first-order chi connectivity index (χ1) is 16.2. The Bertz CT molecular complexity index is 1070. The molecule has 1 aliphatic heterocycles. The van der Waals surface area contributed by atoms with Crippen molar-refractivity contribution in [3.8, 4) is 17.3 Å². The number of amides is 1. The van der Waals surface area contributed by atoms with Crippen LogP contribution < -0.4 is 15.1 Å². The number of ether oxygens (including phenoxy) is 2. The number of carbonyl (C=O) groups excluding carboxylic acids is 1. The van der Waals surface area contributed by atoms with Crippen molar-refractivity contribution >= 4 is 33.3 Å². The lowest BCUT2D eigenvalue weighted by atomic mass is 10.1. The van der Waals surface area contributed by atoms with Gasteiger partial charge in [-0.05, 0) is 31.4 Å². The standard InChI is InChI=1S/C23H29N5O4S/c1-31-20-9-8-16(15-24-20)22-25-18-14-17(6-4-2-3-5-7-19(29)27-30)33-21(18)23(26-22)28-10-12-32-13-11-28/h8-9,14-15,30H,2-7,10-13H2,1H3,(H,27,29). The van der Waals surface area contributed by atoms with Gasteiger partial charge in [0, 0.05) is 42.2 Å². The van der Waals surface area contributed by atoms with E-state index in [1.165, 1.54) is 4.88 Å². The maximum Gasteiger partial charge on any atom is 0.243 e. The number of morpholine rings is 1. The molecule has 176 valence electrons. The SMILES string of the molecule is COc1ccc(-c2nc(N3CCOCC3)c3sc(CCCCCCC(=O)NO)cc3n2)cn1. The van der Waals surface area contributed by atoms with Crippen LogP contribution in [-0.4, -0.2) is 59.5 Å². The molecule has 3 aromatic rings. The predicted molar refractivity (Wildman–Crippen MR) is 127 cm³/mol. The minimum absolute atomic E-state index is 0.323. The number of carbonyl (C=O) groups is 1. The summed E-state index contributed by atoms with van der Waals surface area (Å²) >= 11 is 1.76. The Kier molecular flexibility index (Phi) is 8.03. The normalized spacial score (nSPS) is 13.9. The molecule has 0 bridgehead atoms. The van der Waals surface area contributed by atoms with Crippen molar-refractivity contribution in [3.63, 3.8) is 0 Å². The van der Waals surface area contributed by atoms with Crippen LogP contribution in [0.1, 0.15) is 37.0 Å². The molecule has 3 aromatic heterocycles. The summed E-state index contributed by atoms with van der Waals surface area (Å²) in [5, 5.41) is 8.56. The number of rotatable bonds is 10. The van der Waals surface area contributed by atoms with E-state index in [1.807, 2.05) is 12.1 Å². The van der Waals surface area contributed by atoms with E-state index in [4.69, 9.17) is 24.6 Å². The zero-order chi connectivity index (χ0) is 23.0. The molecule has 1 fully saturated rings. The molecular weight excluding hydrogens is 442 g/mol. The van der Waals surface area contributed by atoms with Gasteiger partial charge in [-0.15, -0.1) is 11.3 Å². The molecule has 1 amide bonds. The summed E-state index contributed by atoms with van der Waals surface area (Å²) in [5.74, 6) is 1.85. The van der Waals surface area contributed by atoms with Crippen molar-refractivity contribution in [1.29, 1.82) is 0 Å². The van der Waals surface area contributed by atoms with Gasteiger partial charge in [0.25, 0.3) is 0 Å². The van der Waals surface area contributed by atoms with Crippen molar-refractivity contribution in [1.82, 2.24) is 20.4 Å². The van der Waals surface area contributed by atoms with Crippen molar-refractivity contribution in [2.75, 3.05) is 38.3 Å². The average molecular weight is 472 g/mol. The molecule has 0 atom stereocenters. The third kappa shape index (κ3) is 5.95. The molecule has 0 radical (unpaired) electrons. The first-order valence-corrected chi connectivity index (χ1v) is 12.1. The van der Waals surface area contributed by atoms with Crippen LogP contribution in [0.2, 0.25) is 0 Å². The van der Waals surface area contributed by atoms with Crippen molar-refractivity contribution in [2.24, 2.45) is 0 Å². The zero-order valence-electron chi connectivity index (χ0n) is 18.7. The monoisotopic (exact) mass is 471 g/mol. The van der Waals surface area contributed by atoms with Gasteiger partial charge < -0.3 is 14.4 Å². The van der Waals surface area contributed by atoms with Crippen LogP contribution in [0.3, 0.4) is 0 Å². The number of anilines is 1. The maximum absolute atomic E-state index is 11.1. The van der Waals surface area contributed by atoms with Crippen LogP contribution in [-0.2, 0) is 16.0 Å². The number of fused-ring (bicyclic) bond motifs is 1. The summed E-state index contributed by atoms with van der Waals surface area (Å²) in [7, 11) is 1.60. The van der Waals surface area contributed by atoms with E-state index in [0.29, 0.717) is 31.3 Å². The minimum atomic E-state index is -0.323. The van der Waals surface area contributed by atoms with Crippen LogP contribution in [0.25, 0.3) is 21.6 Å². The summed E-state index contributed by atoms with van der Waals surface area (Å²) in [6, 6.07) is 5.92. The van der Waals surface area contributed by atoms with Gasteiger partial charge in [0.05, 0.1) is 30.5 Å². The molecule has 1 saturated heterocycles. The number of nitrogens with zero attached hydrogens (tertiary/aromatic N) is 4. The lowest BCUT2D eigenvalue weighted by Gasteiger charge is -2.28. The lowest BCUT2D eigenvalue weighted by molar-refractivity contribution is -0.129. The molecule has 0 unspecified atom stereocenters. The number of methoxy groups -OCH3 is 1. The van der Waals surface area contributed by atoms with Crippen molar-refractivity contribution in [3.05, 3.63) is 29.3 Å². The third-order valence-corrected chi connectivity index (χ3v) is 6.80. The zero-order valence-corrected chi connectivity index (χ0v) is 19.6. The van der Waals surface area contributed by atoms with Gasteiger partial charge in [0.2, 0.25) is 11.8 Å². The highest BCUT2D eigenvalue weighted by molar-refractivity contribution is 7.19. The number of hydroxylamine groups is 1. The minimum Gasteiger partial charge on any atom is -0.481 e. The quantitative estimate of drug-likeness (QED) is 0.262. The van der Waals surface area contributed by atoms with Gasteiger partial charge in [-0.2, -0.15) is 0 Å². The number of unbranched alkanes of at least 4 members (excludes halogenated alkanes) is 3. The summed E-state index contributed by atoms with van der Waals surface area (Å²) < 4.78 is 11.8. The van der Waals surface area contributed by atoms with Gasteiger partial charge >= 0.3 is 0 Å². The third-order valence-electron chi connectivity index (χ3n) is 5.62. The largest absolute Gasteiger partial charge is 0.481 e. The summed E-state index contributed by atoms with van der Waals surface area (Å²) in [4.78, 5) is 28.8. The maximum atomic E-state index is 11.1. The molecule has 0 aromatic carbocycles. The number of pyridine rings is 1. The van der Waals surface area contributed by atoms with Crippen LogP contribution in [0.15, 0.2) is 24.4 Å². The smallest absolute Gasteiger partial charge is 0.243 e.